The standard InChI is InChI=1S/C42H30N2O3/c1-26-13-19-29(20-14-26)34-35(30-21-15-27(2)16-22-30)42(32-11-7-4-8-12-32)37-36(41(34,40(42)47)31-9-5-3-6-10-31)38(45)44(39(37)46)33-23-17-28(25-43)18-24-33/h3-24,36-37H,1-2H3/t36-,37-,41-,42-/m1/s1. The van der Waals surface area contributed by atoms with Crippen molar-refractivity contribution in [2.75, 3.05) is 4.90 Å². The van der Waals surface area contributed by atoms with Crippen molar-refractivity contribution < 1.29 is 14.4 Å². The van der Waals surface area contributed by atoms with E-state index in [1.54, 1.807) is 24.3 Å². The Morgan fingerprint density at radius 3 is 1.34 bits per heavy atom. The van der Waals surface area contributed by atoms with Gasteiger partial charge >= 0.3 is 0 Å². The molecule has 5 aromatic carbocycles. The van der Waals surface area contributed by atoms with Crippen molar-refractivity contribution in [1.29, 1.82) is 5.26 Å². The number of nitrogens with zero attached hydrogens (tertiary/aromatic N) is 2. The quantitative estimate of drug-likeness (QED) is 0.195. The Balaban J connectivity index is 1.54. The van der Waals surface area contributed by atoms with E-state index in [1.165, 1.54) is 4.90 Å². The third-order valence-corrected chi connectivity index (χ3v) is 10.4. The van der Waals surface area contributed by atoms with Crippen LogP contribution in [0.15, 0.2) is 133 Å². The number of Topliss-reactive ketones (excluding diaryl/α,β-unsaturated/α-hetero) is 1. The highest BCUT2D eigenvalue weighted by molar-refractivity contribution is 6.39. The van der Waals surface area contributed by atoms with Crippen molar-refractivity contribution >= 4 is 34.4 Å². The second-order valence-corrected chi connectivity index (χ2v) is 12.8. The van der Waals surface area contributed by atoms with Gasteiger partial charge in [0.25, 0.3) is 0 Å². The van der Waals surface area contributed by atoms with Gasteiger partial charge in [-0.05, 0) is 71.5 Å². The van der Waals surface area contributed by atoms with Gasteiger partial charge in [-0.3, -0.25) is 14.4 Å². The maximum Gasteiger partial charge on any atom is 0.239 e. The van der Waals surface area contributed by atoms with Crippen LogP contribution in [0.4, 0.5) is 5.69 Å². The summed E-state index contributed by atoms with van der Waals surface area (Å²) in [4.78, 5) is 47.2. The topological polar surface area (TPSA) is 78.2 Å². The fraction of sp³-hybridized carbons (Fsp3) is 0.143. The van der Waals surface area contributed by atoms with Gasteiger partial charge in [0.2, 0.25) is 11.8 Å². The lowest BCUT2D eigenvalue weighted by atomic mass is 9.59. The van der Waals surface area contributed by atoms with E-state index in [2.05, 4.69) is 6.07 Å². The number of imide groups is 1. The van der Waals surface area contributed by atoms with E-state index in [4.69, 9.17) is 0 Å². The summed E-state index contributed by atoms with van der Waals surface area (Å²) in [5, 5.41) is 9.42. The van der Waals surface area contributed by atoms with Crippen LogP contribution in [0, 0.1) is 37.0 Å². The average molecular weight is 611 g/mol. The predicted octanol–water partition coefficient (Wildman–Crippen LogP) is 7.36. The number of amides is 2. The second-order valence-electron chi connectivity index (χ2n) is 12.8. The highest BCUT2D eigenvalue weighted by atomic mass is 16.2. The van der Waals surface area contributed by atoms with E-state index < -0.39 is 34.5 Å². The maximum atomic E-state index is 15.9. The molecule has 3 aliphatic rings. The van der Waals surface area contributed by atoms with Crippen molar-refractivity contribution in [3.8, 4) is 6.07 Å². The number of carbonyl (C=O) groups is 3. The number of fused-ring (bicyclic) bond motifs is 5. The number of anilines is 1. The lowest BCUT2D eigenvalue weighted by molar-refractivity contribution is -0.130. The van der Waals surface area contributed by atoms with E-state index >= 15 is 14.4 Å². The van der Waals surface area contributed by atoms with Gasteiger partial charge in [-0.15, -0.1) is 0 Å². The number of rotatable bonds is 5. The number of ketones is 1. The third-order valence-electron chi connectivity index (χ3n) is 10.4. The molecule has 0 unspecified atom stereocenters. The number of hydrogen-bond donors (Lipinski definition) is 0. The molecule has 226 valence electrons. The lowest BCUT2D eigenvalue weighted by Gasteiger charge is -2.39. The summed E-state index contributed by atoms with van der Waals surface area (Å²) in [6.07, 6.45) is 0. The number of carbonyl (C=O) groups excluding carboxylic acids is 3. The van der Waals surface area contributed by atoms with Crippen LogP contribution in [0.1, 0.15) is 38.9 Å². The summed E-state index contributed by atoms with van der Waals surface area (Å²) in [5.74, 6) is -2.96. The Bertz CT molecular complexity index is 2040. The van der Waals surface area contributed by atoms with Crippen LogP contribution < -0.4 is 4.90 Å². The zero-order chi connectivity index (χ0) is 32.5. The van der Waals surface area contributed by atoms with Gasteiger partial charge in [0.1, 0.15) is 0 Å². The Morgan fingerprint density at radius 2 is 0.957 bits per heavy atom. The monoisotopic (exact) mass is 610 g/mol. The molecule has 1 heterocycles. The highest BCUT2D eigenvalue weighted by Crippen LogP contribution is 2.74. The first-order valence-corrected chi connectivity index (χ1v) is 15.8. The molecule has 5 heteroatoms. The summed E-state index contributed by atoms with van der Waals surface area (Å²) in [5.41, 5.74) is 4.67. The van der Waals surface area contributed by atoms with Gasteiger partial charge < -0.3 is 0 Å². The first-order chi connectivity index (χ1) is 22.8. The molecule has 0 radical (unpaired) electrons. The molecule has 0 spiro atoms. The molecule has 8 rings (SSSR count). The second kappa shape index (κ2) is 10.3. The molecule has 1 aliphatic heterocycles. The Hall–Kier alpha value is -5.86. The summed E-state index contributed by atoms with van der Waals surface area (Å²) in [7, 11) is 0. The van der Waals surface area contributed by atoms with E-state index in [0.717, 1.165) is 33.4 Å². The number of benzene rings is 5. The highest BCUT2D eigenvalue weighted by Gasteiger charge is 2.82. The molecule has 2 aliphatic carbocycles. The Kier molecular flexibility index (Phi) is 6.29. The van der Waals surface area contributed by atoms with E-state index in [0.29, 0.717) is 22.4 Å². The minimum absolute atomic E-state index is 0.148. The van der Waals surface area contributed by atoms with Gasteiger partial charge in [0.15, 0.2) is 5.78 Å². The lowest BCUT2D eigenvalue weighted by Crippen LogP contribution is -2.45. The summed E-state index contributed by atoms with van der Waals surface area (Å²) >= 11 is 0. The first kappa shape index (κ1) is 28.6. The largest absolute Gasteiger partial charge is 0.297 e. The number of nitriles is 1. The molecule has 5 nitrogen and oxygen atoms in total. The van der Waals surface area contributed by atoms with Crippen LogP contribution in [0.3, 0.4) is 0 Å². The van der Waals surface area contributed by atoms with Crippen molar-refractivity contribution in [2.24, 2.45) is 11.8 Å². The molecule has 0 aromatic heterocycles. The van der Waals surface area contributed by atoms with Gasteiger partial charge in [0.05, 0.1) is 40.0 Å². The Labute approximate surface area is 273 Å². The molecule has 1 saturated heterocycles. The normalized spacial score (nSPS) is 24.5. The van der Waals surface area contributed by atoms with E-state index in [-0.39, 0.29) is 5.78 Å². The minimum Gasteiger partial charge on any atom is -0.297 e. The van der Waals surface area contributed by atoms with Crippen LogP contribution in [0.5, 0.6) is 0 Å². The molecule has 2 fully saturated rings. The molecule has 47 heavy (non-hydrogen) atoms. The molecule has 2 bridgehead atoms. The van der Waals surface area contributed by atoms with Crippen molar-refractivity contribution in [3.05, 3.63) is 172 Å². The molecule has 2 amide bonds. The van der Waals surface area contributed by atoms with Crippen LogP contribution in [-0.2, 0) is 25.2 Å². The van der Waals surface area contributed by atoms with Gasteiger partial charge in [0, 0.05) is 0 Å². The van der Waals surface area contributed by atoms with Crippen LogP contribution in [0.2, 0.25) is 0 Å². The maximum absolute atomic E-state index is 15.9. The molecular weight excluding hydrogens is 580 g/mol. The molecule has 1 saturated carbocycles. The van der Waals surface area contributed by atoms with E-state index in [1.807, 2.05) is 123 Å². The molecule has 4 atom stereocenters. The summed E-state index contributed by atoms with van der Waals surface area (Å²) in [6, 6.07) is 43.9. The van der Waals surface area contributed by atoms with Crippen molar-refractivity contribution in [3.63, 3.8) is 0 Å². The molecule has 0 N–H and O–H groups in total. The number of hydrogen-bond acceptors (Lipinski definition) is 4. The molecule has 5 aromatic rings. The number of allylic oxidation sites excluding steroid dienone is 2. The van der Waals surface area contributed by atoms with Crippen LogP contribution >= 0.6 is 0 Å². The third kappa shape index (κ3) is 3.67. The average Bonchev–Trinajstić information content (AvgIpc) is 3.62. The van der Waals surface area contributed by atoms with Gasteiger partial charge in [-0.1, -0.05) is 120 Å². The summed E-state index contributed by atoms with van der Waals surface area (Å²) in [6.45, 7) is 4.04. The first-order valence-electron chi connectivity index (χ1n) is 15.8. The summed E-state index contributed by atoms with van der Waals surface area (Å²) < 4.78 is 0. The van der Waals surface area contributed by atoms with Crippen molar-refractivity contribution in [2.45, 2.75) is 24.7 Å². The fourth-order valence-corrected chi connectivity index (χ4v) is 8.50. The van der Waals surface area contributed by atoms with Gasteiger partial charge in [-0.2, -0.15) is 5.26 Å². The predicted molar refractivity (Wildman–Crippen MR) is 181 cm³/mol. The zero-order valence-corrected chi connectivity index (χ0v) is 26.0. The van der Waals surface area contributed by atoms with Gasteiger partial charge in [-0.25, -0.2) is 4.90 Å². The van der Waals surface area contributed by atoms with E-state index in [9.17, 15) is 5.26 Å². The van der Waals surface area contributed by atoms with Crippen LogP contribution in [-0.4, -0.2) is 17.6 Å². The smallest absolute Gasteiger partial charge is 0.239 e. The fourth-order valence-electron chi connectivity index (χ4n) is 8.50. The SMILES string of the molecule is Cc1ccc(C2=C(c3ccc(C)cc3)[C@@]3(c4ccccc4)C(=O)[C@@]2(c2ccccc2)[C@H]2C(=O)N(c4ccc(C#N)cc4)C(=O)[C@@H]23)cc1. The Morgan fingerprint density at radius 1 is 0.553 bits per heavy atom. The minimum atomic E-state index is -1.45. The molecular formula is C42H30N2O3. The van der Waals surface area contributed by atoms with Crippen molar-refractivity contribution in [1.82, 2.24) is 0 Å². The van der Waals surface area contributed by atoms with Crippen LogP contribution in [0.25, 0.3) is 11.1 Å². The number of aryl methyl sites for hydroxylation is 2. The zero-order valence-electron chi connectivity index (χ0n) is 26.0.